The molecule has 2 heterocycles. The minimum atomic E-state index is -0.223. The van der Waals surface area contributed by atoms with Gasteiger partial charge in [0.05, 0.1) is 13.2 Å². The van der Waals surface area contributed by atoms with E-state index < -0.39 is 0 Å². The van der Waals surface area contributed by atoms with E-state index >= 15 is 0 Å². The Morgan fingerprint density at radius 1 is 1.38 bits per heavy atom. The second kappa shape index (κ2) is 8.08. The van der Waals surface area contributed by atoms with Gasteiger partial charge in [0.2, 0.25) is 5.91 Å². The Hall–Kier alpha value is -2.18. The van der Waals surface area contributed by atoms with Crippen LogP contribution in [0.3, 0.4) is 0 Å². The van der Waals surface area contributed by atoms with E-state index in [0.29, 0.717) is 19.8 Å². The molecule has 1 fully saturated rings. The fourth-order valence-corrected chi connectivity index (χ4v) is 2.77. The van der Waals surface area contributed by atoms with Gasteiger partial charge in [-0.3, -0.25) is 4.79 Å². The fourth-order valence-electron chi connectivity index (χ4n) is 2.77. The van der Waals surface area contributed by atoms with Crippen LogP contribution < -0.4 is 5.32 Å². The summed E-state index contributed by atoms with van der Waals surface area (Å²) in [5, 5.41) is 7.30. The number of hydrogen-bond donors (Lipinski definition) is 1. The van der Waals surface area contributed by atoms with Gasteiger partial charge in [0, 0.05) is 38.2 Å². The van der Waals surface area contributed by atoms with Crippen molar-refractivity contribution in [3.63, 3.8) is 0 Å². The van der Waals surface area contributed by atoms with Crippen LogP contribution in [0.25, 0.3) is 11.3 Å². The third kappa shape index (κ3) is 4.21. The molecule has 0 radical (unpaired) electrons. The van der Waals surface area contributed by atoms with Crippen molar-refractivity contribution in [2.45, 2.75) is 18.9 Å². The zero-order valence-electron chi connectivity index (χ0n) is 13.9. The number of amides is 1. The van der Waals surface area contributed by atoms with Crippen LogP contribution in [0.1, 0.15) is 12.2 Å². The smallest absolute Gasteiger partial charge is 0.241 e. The van der Waals surface area contributed by atoms with Crippen LogP contribution in [0.5, 0.6) is 0 Å². The first-order chi connectivity index (χ1) is 11.7. The molecule has 128 valence electrons. The van der Waals surface area contributed by atoms with Crippen LogP contribution in [-0.2, 0) is 16.0 Å². The maximum atomic E-state index is 12.3. The van der Waals surface area contributed by atoms with Crippen molar-refractivity contribution in [3.8, 4) is 11.3 Å². The first-order valence-electron chi connectivity index (χ1n) is 8.31. The number of nitrogens with zero attached hydrogens (tertiary/aromatic N) is 2. The monoisotopic (exact) mass is 329 g/mol. The number of ether oxygens (including phenoxy) is 1. The van der Waals surface area contributed by atoms with Crippen LogP contribution in [0, 0.1) is 0 Å². The third-order valence-corrected chi connectivity index (χ3v) is 4.14. The molecule has 1 aliphatic rings. The quantitative estimate of drug-likeness (QED) is 0.874. The summed E-state index contributed by atoms with van der Waals surface area (Å²) in [6, 6.07) is 11.7. The van der Waals surface area contributed by atoms with E-state index in [1.54, 1.807) is 4.90 Å². The Balaban J connectivity index is 1.46. The lowest BCUT2D eigenvalue weighted by atomic mass is 10.1. The molecular weight excluding hydrogens is 306 g/mol. The van der Waals surface area contributed by atoms with Crippen LogP contribution in [0.4, 0.5) is 0 Å². The highest BCUT2D eigenvalue weighted by Crippen LogP contribution is 2.19. The van der Waals surface area contributed by atoms with Gasteiger partial charge in [-0.25, -0.2) is 0 Å². The van der Waals surface area contributed by atoms with Gasteiger partial charge in [-0.05, 0) is 6.42 Å². The summed E-state index contributed by atoms with van der Waals surface area (Å²) in [5.74, 6) is 0.922. The van der Waals surface area contributed by atoms with E-state index in [1.807, 2.05) is 43.4 Å². The molecule has 3 rings (SSSR count). The summed E-state index contributed by atoms with van der Waals surface area (Å²) in [4.78, 5) is 14.0. The van der Waals surface area contributed by atoms with Crippen molar-refractivity contribution >= 4 is 5.91 Å². The van der Waals surface area contributed by atoms with Crippen molar-refractivity contribution in [2.75, 3.05) is 33.4 Å². The van der Waals surface area contributed by atoms with Gasteiger partial charge in [-0.15, -0.1) is 0 Å². The minimum Gasteiger partial charge on any atom is -0.378 e. The molecule has 1 saturated heterocycles. The number of aryl methyl sites for hydroxylation is 1. The number of aromatic nitrogens is 1. The summed E-state index contributed by atoms with van der Waals surface area (Å²) < 4.78 is 10.7. The third-order valence-electron chi connectivity index (χ3n) is 4.14. The lowest BCUT2D eigenvalue weighted by Crippen LogP contribution is -2.51. The number of carbonyl (C=O) groups is 1. The molecule has 1 aromatic carbocycles. The highest BCUT2D eigenvalue weighted by atomic mass is 16.5. The molecule has 0 saturated carbocycles. The maximum Gasteiger partial charge on any atom is 0.241 e. The molecule has 24 heavy (non-hydrogen) atoms. The lowest BCUT2D eigenvalue weighted by molar-refractivity contribution is -0.135. The van der Waals surface area contributed by atoms with E-state index in [4.69, 9.17) is 9.26 Å². The molecule has 1 aliphatic heterocycles. The van der Waals surface area contributed by atoms with E-state index in [1.165, 1.54) is 0 Å². The number of carbonyl (C=O) groups excluding carboxylic acids is 1. The van der Waals surface area contributed by atoms with E-state index in [2.05, 4.69) is 10.5 Å². The average molecular weight is 329 g/mol. The molecule has 0 aliphatic carbocycles. The molecule has 0 bridgehead atoms. The molecule has 2 aromatic rings. The topological polar surface area (TPSA) is 67.6 Å². The SMILES string of the molecule is CN(CCCc1cc(-c2ccccc2)no1)C(=O)C1COCCN1. The van der Waals surface area contributed by atoms with Crippen LogP contribution in [-0.4, -0.2) is 55.4 Å². The predicted molar refractivity (Wildman–Crippen MR) is 90.5 cm³/mol. The number of benzene rings is 1. The number of likely N-dealkylation sites (N-methyl/N-ethyl adjacent to an activating group) is 1. The Morgan fingerprint density at radius 2 is 2.21 bits per heavy atom. The molecular formula is C18H23N3O3. The molecule has 1 amide bonds. The Morgan fingerprint density at radius 3 is 2.96 bits per heavy atom. The summed E-state index contributed by atoms with van der Waals surface area (Å²) in [7, 11) is 1.83. The summed E-state index contributed by atoms with van der Waals surface area (Å²) in [6.45, 7) is 2.53. The van der Waals surface area contributed by atoms with Crippen molar-refractivity contribution in [3.05, 3.63) is 42.2 Å². The number of hydrogen-bond acceptors (Lipinski definition) is 5. The highest BCUT2D eigenvalue weighted by molar-refractivity contribution is 5.81. The van der Waals surface area contributed by atoms with Crippen LogP contribution in [0.15, 0.2) is 40.9 Å². The molecule has 1 atom stereocenters. The van der Waals surface area contributed by atoms with Gasteiger partial charge in [0.15, 0.2) is 0 Å². The van der Waals surface area contributed by atoms with Crippen molar-refractivity contribution in [1.29, 1.82) is 0 Å². The normalized spacial score (nSPS) is 17.6. The van der Waals surface area contributed by atoms with Crippen molar-refractivity contribution in [1.82, 2.24) is 15.4 Å². The van der Waals surface area contributed by atoms with E-state index in [9.17, 15) is 4.79 Å². The largest absolute Gasteiger partial charge is 0.378 e. The minimum absolute atomic E-state index is 0.0808. The summed E-state index contributed by atoms with van der Waals surface area (Å²) >= 11 is 0. The number of rotatable bonds is 6. The van der Waals surface area contributed by atoms with E-state index in [0.717, 1.165) is 36.4 Å². The second-order valence-electron chi connectivity index (χ2n) is 5.99. The first kappa shape index (κ1) is 16.7. The van der Waals surface area contributed by atoms with Gasteiger partial charge in [-0.2, -0.15) is 0 Å². The molecule has 1 aromatic heterocycles. The second-order valence-corrected chi connectivity index (χ2v) is 5.99. The van der Waals surface area contributed by atoms with Gasteiger partial charge in [-0.1, -0.05) is 35.5 Å². The Kier molecular flexibility index (Phi) is 5.61. The van der Waals surface area contributed by atoms with Gasteiger partial charge in [0.1, 0.15) is 17.5 Å². The molecule has 6 heteroatoms. The van der Waals surface area contributed by atoms with Crippen molar-refractivity contribution < 1.29 is 14.1 Å². The Labute approximate surface area is 141 Å². The van der Waals surface area contributed by atoms with Crippen molar-refractivity contribution in [2.24, 2.45) is 0 Å². The summed E-state index contributed by atoms with van der Waals surface area (Å²) in [5.41, 5.74) is 1.89. The zero-order chi connectivity index (χ0) is 16.8. The molecule has 1 N–H and O–H groups in total. The average Bonchev–Trinajstić information content (AvgIpc) is 3.11. The number of morpholine rings is 1. The maximum absolute atomic E-state index is 12.3. The lowest BCUT2D eigenvalue weighted by Gasteiger charge is -2.27. The fraction of sp³-hybridized carbons (Fsp3) is 0.444. The molecule has 1 unspecified atom stereocenters. The standard InChI is InChI=1S/C18H23N3O3/c1-21(18(22)17-13-23-11-9-19-17)10-5-8-15-12-16(20-24-15)14-6-3-2-4-7-14/h2-4,6-7,12,17,19H,5,8-11,13H2,1H3. The number of nitrogens with one attached hydrogen (secondary N) is 1. The van der Waals surface area contributed by atoms with Crippen LogP contribution >= 0.6 is 0 Å². The zero-order valence-corrected chi connectivity index (χ0v) is 13.9. The molecule has 0 spiro atoms. The summed E-state index contributed by atoms with van der Waals surface area (Å²) in [6.07, 6.45) is 1.59. The first-order valence-corrected chi connectivity index (χ1v) is 8.31. The van der Waals surface area contributed by atoms with Gasteiger partial charge >= 0.3 is 0 Å². The molecule has 6 nitrogen and oxygen atoms in total. The van der Waals surface area contributed by atoms with Gasteiger partial charge in [0.25, 0.3) is 0 Å². The highest BCUT2D eigenvalue weighted by Gasteiger charge is 2.23. The van der Waals surface area contributed by atoms with E-state index in [-0.39, 0.29) is 11.9 Å². The van der Waals surface area contributed by atoms with Gasteiger partial charge < -0.3 is 19.5 Å². The van der Waals surface area contributed by atoms with Crippen LogP contribution in [0.2, 0.25) is 0 Å². The Bertz CT molecular complexity index is 651. The predicted octanol–water partition coefficient (Wildman–Crippen LogP) is 1.72.